The van der Waals surface area contributed by atoms with E-state index in [-0.39, 0.29) is 0 Å². The monoisotopic (exact) mass is 216 g/mol. The van der Waals surface area contributed by atoms with Crippen LogP contribution < -0.4 is 5.73 Å². The number of hydrogen-bond acceptors (Lipinski definition) is 3. The maximum absolute atomic E-state index is 5.92. The average molecular weight is 216 g/mol. The van der Waals surface area contributed by atoms with Crippen LogP contribution in [-0.4, -0.2) is 21.0 Å². The Labute approximate surface area is 94.3 Å². The molecular formula is C12H16N4. The summed E-state index contributed by atoms with van der Waals surface area (Å²) in [7, 11) is 0. The molecule has 0 unspecified atom stereocenters. The largest absolute Gasteiger partial charge is 0.340 e. The molecule has 2 heterocycles. The van der Waals surface area contributed by atoms with Crippen molar-refractivity contribution in [3.05, 3.63) is 23.7 Å². The maximum atomic E-state index is 5.92. The summed E-state index contributed by atoms with van der Waals surface area (Å²) in [6.07, 6.45) is 5.14. The molecule has 4 nitrogen and oxygen atoms in total. The van der Waals surface area contributed by atoms with E-state index in [1.54, 1.807) is 0 Å². The van der Waals surface area contributed by atoms with Crippen molar-refractivity contribution in [2.75, 3.05) is 0 Å². The van der Waals surface area contributed by atoms with Gasteiger partial charge >= 0.3 is 0 Å². The lowest BCUT2D eigenvalue weighted by atomic mass is 10.1. The summed E-state index contributed by atoms with van der Waals surface area (Å²) in [5.74, 6) is 1.55. The fraction of sp³-hybridized carbons (Fsp3) is 0.500. The van der Waals surface area contributed by atoms with E-state index in [4.69, 9.17) is 5.73 Å². The molecule has 1 aliphatic carbocycles. The first-order valence-electron chi connectivity index (χ1n) is 5.80. The quantitative estimate of drug-likeness (QED) is 0.764. The second-order valence-corrected chi connectivity index (χ2v) is 4.78. The fourth-order valence-corrected chi connectivity index (χ4v) is 2.48. The minimum absolute atomic E-state index is 0.341. The molecule has 0 aliphatic heterocycles. The fourth-order valence-electron chi connectivity index (χ4n) is 2.48. The van der Waals surface area contributed by atoms with E-state index in [9.17, 15) is 0 Å². The smallest absolute Gasteiger partial charge is 0.177 e. The number of aromatic nitrogens is 3. The number of nitrogens with zero attached hydrogens (tertiary/aromatic N) is 2. The van der Waals surface area contributed by atoms with Gasteiger partial charge in [0, 0.05) is 18.2 Å². The number of aryl methyl sites for hydroxylation is 1. The number of aromatic amines is 1. The van der Waals surface area contributed by atoms with E-state index >= 15 is 0 Å². The molecule has 2 aromatic heterocycles. The lowest BCUT2D eigenvalue weighted by molar-refractivity contribution is 0.651. The molecule has 16 heavy (non-hydrogen) atoms. The van der Waals surface area contributed by atoms with E-state index in [0.29, 0.717) is 12.0 Å². The Morgan fingerprint density at radius 2 is 2.31 bits per heavy atom. The molecule has 3 rings (SSSR count). The van der Waals surface area contributed by atoms with Gasteiger partial charge in [-0.15, -0.1) is 0 Å². The number of rotatable bonds is 1. The molecule has 0 bridgehead atoms. The first-order chi connectivity index (χ1) is 7.72. The molecule has 1 aliphatic rings. The number of imidazole rings is 1. The molecule has 0 radical (unpaired) electrons. The predicted molar refractivity (Wildman–Crippen MR) is 63.2 cm³/mol. The highest BCUT2D eigenvalue weighted by molar-refractivity contribution is 5.71. The molecular weight excluding hydrogens is 200 g/mol. The van der Waals surface area contributed by atoms with E-state index < -0.39 is 0 Å². The Hall–Kier alpha value is -1.42. The standard InChI is InChI=1S/C12H16N4/c1-7-4-10-12(14-6-7)16-11(15-10)8-2-3-9(13)5-8/h4,6,8-9H,2-3,5,13H2,1H3,(H,14,15,16)/t8-,9+/m1/s1. The molecule has 0 saturated heterocycles. The average Bonchev–Trinajstić information content (AvgIpc) is 2.83. The zero-order valence-electron chi connectivity index (χ0n) is 9.40. The summed E-state index contributed by atoms with van der Waals surface area (Å²) in [5, 5.41) is 0. The van der Waals surface area contributed by atoms with Crippen LogP contribution in [0, 0.1) is 6.92 Å². The van der Waals surface area contributed by atoms with Gasteiger partial charge < -0.3 is 10.7 Å². The number of nitrogens with one attached hydrogen (secondary N) is 1. The topological polar surface area (TPSA) is 67.6 Å². The van der Waals surface area contributed by atoms with Crippen molar-refractivity contribution in [1.29, 1.82) is 0 Å². The first kappa shape index (κ1) is 9.78. The lowest BCUT2D eigenvalue weighted by Crippen LogP contribution is -2.14. The van der Waals surface area contributed by atoms with Gasteiger partial charge in [-0.2, -0.15) is 0 Å². The van der Waals surface area contributed by atoms with Gasteiger partial charge in [-0.1, -0.05) is 0 Å². The zero-order valence-corrected chi connectivity index (χ0v) is 9.40. The van der Waals surface area contributed by atoms with Gasteiger partial charge in [-0.3, -0.25) is 0 Å². The lowest BCUT2D eigenvalue weighted by Gasteiger charge is -2.04. The SMILES string of the molecule is Cc1cnc2nc([C@@H]3CC[C@H](N)C3)[nH]c2c1. The van der Waals surface area contributed by atoms with Crippen LogP contribution >= 0.6 is 0 Å². The van der Waals surface area contributed by atoms with Crippen LogP contribution in [0.4, 0.5) is 0 Å². The van der Waals surface area contributed by atoms with Crippen LogP contribution in [0.25, 0.3) is 11.2 Å². The van der Waals surface area contributed by atoms with Gasteiger partial charge in [0.2, 0.25) is 0 Å². The van der Waals surface area contributed by atoms with Crippen LogP contribution in [0.1, 0.15) is 36.6 Å². The van der Waals surface area contributed by atoms with Crippen molar-refractivity contribution in [3.8, 4) is 0 Å². The number of nitrogens with two attached hydrogens (primary N) is 1. The Balaban J connectivity index is 1.99. The van der Waals surface area contributed by atoms with Crippen molar-refractivity contribution in [1.82, 2.24) is 15.0 Å². The molecule has 4 heteroatoms. The molecule has 0 spiro atoms. The minimum atomic E-state index is 0.341. The van der Waals surface area contributed by atoms with Gasteiger partial charge in [-0.05, 0) is 37.8 Å². The molecule has 2 aromatic rings. The van der Waals surface area contributed by atoms with Gasteiger partial charge in [0.1, 0.15) is 5.82 Å². The molecule has 1 saturated carbocycles. The van der Waals surface area contributed by atoms with E-state index in [1.807, 2.05) is 13.1 Å². The zero-order chi connectivity index (χ0) is 11.1. The van der Waals surface area contributed by atoms with Crippen molar-refractivity contribution in [3.63, 3.8) is 0 Å². The van der Waals surface area contributed by atoms with E-state index in [2.05, 4.69) is 21.0 Å². The highest BCUT2D eigenvalue weighted by Gasteiger charge is 2.25. The summed E-state index contributed by atoms with van der Waals surface area (Å²) < 4.78 is 0. The van der Waals surface area contributed by atoms with Crippen molar-refractivity contribution < 1.29 is 0 Å². The summed E-state index contributed by atoms with van der Waals surface area (Å²) >= 11 is 0. The van der Waals surface area contributed by atoms with Crippen molar-refractivity contribution in [2.24, 2.45) is 5.73 Å². The van der Waals surface area contributed by atoms with E-state index in [1.165, 1.54) is 0 Å². The highest BCUT2D eigenvalue weighted by atomic mass is 15.0. The summed E-state index contributed by atoms with van der Waals surface area (Å²) in [6.45, 7) is 2.04. The molecule has 84 valence electrons. The summed E-state index contributed by atoms with van der Waals surface area (Å²) in [5.41, 5.74) is 8.94. The number of fused-ring (bicyclic) bond motifs is 1. The van der Waals surface area contributed by atoms with Crippen molar-refractivity contribution in [2.45, 2.75) is 38.1 Å². The second kappa shape index (κ2) is 3.56. The third kappa shape index (κ3) is 1.59. The first-order valence-corrected chi connectivity index (χ1v) is 5.80. The van der Waals surface area contributed by atoms with Crippen LogP contribution in [-0.2, 0) is 0 Å². The van der Waals surface area contributed by atoms with Crippen LogP contribution in [0.5, 0.6) is 0 Å². The minimum Gasteiger partial charge on any atom is -0.340 e. The number of H-pyrrole nitrogens is 1. The van der Waals surface area contributed by atoms with Crippen LogP contribution in [0.2, 0.25) is 0 Å². The third-order valence-electron chi connectivity index (χ3n) is 3.35. The maximum Gasteiger partial charge on any atom is 0.177 e. The Morgan fingerprint density at radius 1 is 1.44 bits per heavy atom. The van der Waals surface area contributed by atoms with E-state index in [0.717, 1.165) is 41.8 Å². The molecule has 0 amide bonds. The predicted octanol–water partition coefficient (Wildman–Crippen LogP) is 1.86. The molecule has 0 aromatic carbocycles. The van der Waals surface area contributed by atoms with Gasteiger partial charge in [-0.25, -0.2) is 9.97 Å². The molecule has 1 fully saturated rings. The summed E-state index contributed by atoms with van der Waals surface area (Å²) in [4.78, 5) is 12.2. The molecule has 3 N–H and O–H groups in total. The normalized spacial score (nSPS) is 25.4. The Bertz CT molecular complexity index is 517. The van der Waals surface area contributed by atoms with Gasteiger partial charge in [0.05, 0.1) is 5.52 Å². The molecule has 2 atom stereocenters. The van der Waals surface area contributed by atoms with Gasteiger partial charge in [0.25, 0.3) is 0 Å². The number of hydrogen-bond donors (Lipinski definition) is 2. The van der Waals surface area contributed by atoms with Crippen LogP contribution in [0.3, 0.4) is 0 Å². The van der Waals surface area contributed by atoms with Gasteiger partial charge in [0.15, 0.2) is 5.65 Å². The Kier molecular flexibility index (Phi) is 2.17. The van der Waals surface area contributed by atoms with Crippen molar-refractivity contribution >= 4 is 11.2 Å². The second-order valence-electron chi connectivity index (χ2n) is 4.78. The third-order valence-corrected chi connectivity index (χ3v) is 3.35. The van der Waals surface area contributed by atoms with Crippen LogP contribution in [0.15, 0.2) is 12.3 Å². The summed E-state index contributed by atoms with van der Waals surface area (Å²) in [6, 6.07) is 2.43. The Morgan fingerprint density at radius 3 is 3.06 bits per heavy atom. The number of pyridine rings is 1. The highest BCUT2D eigenvalue weighted by Crippen LogP contribution is 2.32.